The van der Waals surface area contributed by atoms with Crippen LogP contribution in [0.2, 0.25) is 0 Å². The topological polar surface area (TPSA) is 170 Å². The first-order valence-corrected chi connectivity index (χ1v) is 17.5. The number of rotatable bonds is 18. The Morgan fingerprint density at radius 2 is 1.11 bits per heavy atom. The zero-order valence-electron chi connectivity index (χ0n) is 25.1. The molecule has 3 rings (SSSR count). The van der Waals surface area contributed by atoms with Gasteiger partial charge in [-0.3, -0.25) is 14.4 Å². The number of aryl methyl sites for hydroxylation is 2. The van der Waals surface area contributed by atoms with Crippen LogP contribution in [0.3, 0.4) is 0 Å². The molecule has 0 bridgehead atoms. The molecule has 1 amide bonds. The molecule has 0 atom stereocenters. The van der Waals surface area contributed by atoms with Crippen LogP contribution in [0.25, 0.3) is 0 Å². The summed E-state index contributed by atoms with van der Waals surface area (Å²) in [7, 11) is -8.06. The van der Waals surface area contributed by atoms with Gasteiger partial charge in [-0.1, -0.05) is 47.5 Å². The van der Waals surface area contributed by atoms with Gasteiger partial charge in [0.2, 0.25) is 0 Å². The lowest BCUT2D eigenvalue weighted by Crippen LogP contribution is -2.31. The van der Waals surface area contributed by atoms with Crippen molar-refractivity contribution in [2.75, 3.05) is 44.5 Å². The van der Waals surface area contributed by atoms with Gasteiger partial charge in [0.05, 0.1) is 60.1 Å². The van der Waals surface area contributed by atoms with E-state index in [0.29, 0.717) is 0 Å². The standard InChI is InChI=1S/C32H37NO10S2/c1-23-3-11-28(12-4-23)44(38,39)21-27(22-45(40,41)29-13-5-24(2)6-14-29)31(36)25-7-9-26(10-8-25)32(37)33-16-18-43-20-19-42-17-15-30(34)35/h3-14,27H,15-22H2,1-2H3,(H,33,37)(H,34,35). The molecule has 0 aliphatic heterocycles. The average Bonchev–Trinajstić information content (AvgIpc) is 2.99. The maximum atomic E-state index is 13.6. The fraction of sp³-hybridized carbons (Fsp3) is 0.344. The van der Waals surface area contributed by atoms with Crippen LogP contribution in [-0.4, -0.2) is 84.1 Å². The normalized spacial score (nSPS) is 11.8. The molecule has 0 aliphatic carbocycles. The van der Waals surface area contributed by atoms with Gasteiger partial charge in [-0.2, -0.15) is 0 Å². The summed E-state index contributed by atoms with van der Waals surface area (Å²) < 4.78 is 63.6. The van der Waals surface area contributed by atoms with Crippen molar-refractivity contribution in [1.29, 1.82) is 0 Å². The third kappa shape index (κ3) is 11.2. The van der Waals surface area contributed by atoms with Crippen molar-refractivity contribution in [2.45, 2.75) is 30.1 Å². The van der Waals surface area contributed by atoms with Crippen LogP contribution in [0.5, 0.6) is 0 Å². The van der Waals surface area contributed by atoms with E-state index in [9.17, 15) is 31.2 Å². The SMILES string of the molecule is Cc1ccc(S(=O)(=O)CC(CS(=O)(=O)c2ccc(C)cc2)C(=O)c2ccc(C(=O)NCCOCCOCCC(=O)O)cc2)cc1. The molecule has 45 heavy (non-hydrogen) atoms. The minimum atomic E-state index is -4.03. The number of benzene rings is 3. The van der Waals surface area contributed by atoms with Gasteiger partial charge >= 0.3 is 5.97 Å². The highest BCUT2D eigenvalue weighted by atomic mass is 32.2. The molecular formula is C32H37NO10S2. The first-order valence-electron chi connectivity index (χ1n) is 14.2. The third-order valence-electron chi connectivity index (χ3n) is 6.77. The summed E-state index contributed by atoms with van der Waals surface area (Å²) in [4.78, 5) is 36.6. The Balaban J connectivity index is 1.68. The number of carbonyl (C=O) groups excluding carboxylic acids is 2. The Morgan fingerprint density at radius 1 is 0.667 bits per heavy atom. The number of ketones is 1. The highest BCUT2D eigenvalue weighted by Crippen LogP contribution is 2.23. The molecule has 0 unspecified atom stereocenters. The largest absolute Gasteiger partial charge is 0.481 e. The van der Waals surface area contributed by atoms with Crippen LogP contribution in [0, 0.1) is 19.8 Å². The zero-order chi connectivity index (χ0) is 33.0. The number of Topliss-reactive ketones (excluding diaryl/α,β-unsaturated/α-hetero) is 1. The minimum Gasteiger partial charge on any atom is -0.481 e. The molecule has 3 aromatic carbocycles. The van der Waals surface area contributed by atoms with E-state index in [4.69, 9.17) is 14.6 Å². The van der Waals surface area contributed by atoms with Crippen molar-refractivity contribution < 1.29 is 45.8 Å². The number of nitrogens with one attached hydrogen (secondary N) is 1. The number of hydrogen-bond acceptors (Lipinski definition) is 9. The van der Waals surface area contributed by atoms with E-state index in [1.165, 1.54) is 48.5 Å². The van der Waals surface area contributed by atoms with Gasteiger partial charge in [-0.05, 0) is 50.2 Å². The molecule has 0 fully saturated rings. The maximum Gasteiger partial charge on any atom is 0.305 e. The summed E-state index contributed by atoms with van der Waals surface area (Å²) in [6.45, 7) is 4.52. The van der Waals surface area contributed by atoms with E-state index in [-0.39, 0.29) is 60.3 Å². The Bertz CT molecular complexity index is 1590. The molecule has 13 heteroatoms. The van der Waals surface area contributed by atoms with Crippen LogP contribution in [-0.2, 0) is 33.9 Å². The van der Waals surface area contributed by atoms with Crippen molar-refractivity contribution in [1.82, 2.24) is 5.32 Å². The van der Waals surface area contributed by atoms with Gasteiger partial charge in [0, 0.05) is 17.7 Å². The second kappa shape index (κ2) is 16.4. The molecule has 0 saturated heterocycles. The predicted molar refractivity (Wildman–Crippen MR) is 167 cm³/mol. The molecule has 0 aromatic heterocycles. The summed E-state index contributed by atoms with van der Waals surface area (Å²) in [6.07, 6.45) is -0.0971. The number of hydrogen-bond donors (Lipinski definition) is 2. The molecule has 242 valence electrons. The fourth-order valence-electron chi connectivity index (χ4n) is 4.25. The van der Waals surface area contributed by atoms with Gasteiger partial charge in [-0.15, -0.1) is 0 Å². The summed E-state index contributed by atoms with van der Waals surface area (Å²) in [6, 6.07) is 17.8. The second-order valence-corrected chi connectivity index (χ2v) is 14.5. The Morgan fingerprint density at radius 3 is 1.58 bits per heavy atom. The summed E-state index contributed by atoms with van der Waals surface area (Å²) >= 11 is 0. The number of aliphatic carboxylic acids is 1. The van der Waals surface area contributed by atoms with Crippen LogP contribution in [0.4, 0.5) is 0 Å². The molecule has 11 nitrogen and oxygen atoms in total. The van der Waals surface area contributed by atoms with Gasteiger partial charge in [-0.25, -0.2) is 16.8 Å². The second-order valence-electron chi connectivity index (χ2n) is 10.5. The van der Waals surface area contributed by atoms with Crippen LogP contribution >= 0.6 is 0 Å². The highest BCUT2D eigenvalue weighted by molar-refractivity contribution is 7.92. The summed E-state index contributed by atoms with van der Waals surface area (Å²) in [5, 5.41) is 11.2. The van der Waals surface area contributed by atoms with Crippen molar-refractivity contribution in [3.63, 3.8) is 0 Å². The minimum absolute atomic E-state index is 0.0136. The number of carboxylic acid groups (broad SMARTS) is 1. The smallest absolute Gasteiger partial charge is 0.305 e. The number of carbonyl (C=O) groups is 3. The predicted octanol–water partition coefficient (Wildman–Crippen LogP) is 3.29. The maximum absolute atomic E-state index is 13.6. The van der Waals surface area contributed by atoms with E-state index < -0.39 is 54.8 Å². The molecule has 0 spiro atoms. The summed E-state index contributed by atoms with van der Waals surface area (Å²) in [5.41, 5.74) is 2.00. The fourth-order valence-corrected chi connectivity index (χ4v) is 7.49. The van der Waals surface area contributed by atoms with Gasteiger partial charge in [0.1, 0.15) is 0 Å². The lowest BCUT2D eigenvalue weighted by Gasteiger charge is -2.17. The van der Waals surface area contributed by atoms with E-state index in [2.05, 4.69) is 5.32 Å². The van der Waals surface area contributed by atoms with Gasteiger partial charge < -0.3 is 19.9 Å². The van der Waals surface area contributed by atoms with Crippen LogP contribution < -0.4 is 5.32 Å². The monoisotopic (exact) mass is 659 g/mol. The lowest BCUT2D eigenvalue weighted by molar-refractivity contribution is -0.138. The first-order chi connectivity index (χ1) is 21.3. The van der Waals surface area contributed by atoms with E-state index in [0.717, 1.165) is 11.1 Å². The van der Waals surface area contributed by atoms with E-state index in [1.54, 1.807) is 38.1 Å². The van der Waals surface area contributed by atoms with Crippen LogP contribution in [0.15, 0.2) is 82.6 Å². The molecule has 0 radical (unpaired) electrons. The molecule has 2 N–H and O–H groups in total. The average molecular weight is 660 g/mol. The van der Waals surface area contributed by atoms with Crippen molar-refractivity contribution in [2.24, 2.45) is 5.92 Å². The Hall–Kier alpha value is -3.91. The van der Waals surface area contributed by atoms with Gasteiger partial charge in [0.15, 0.2) is 25.5 Å². The molecule has 3 aromatic rings. The molecule has 0 heterocycles. The zero-order valence-corrected chi connectivity index (χ0v) is 26.7. The number of carboxylic acids is 1. The molecule has 0 aliphatic rings. The van der Waals surface area contributed by atoms with Crippen molar-refractivity contribution in [3.05, 3.63) is 95.1 Å². The lowest BCUT2D eigenvalue weighted by atomic mass is 9.99. The first kappa shape index (κ1) is 35.6. The summed E-state index contributed by atoms with van der Waals surface area (Å²) in [5.74, 6) is -4.90. The number of sulfone groups is 2. The Labute approximate surface area is 263 Å². The molecular weight excluding hydrogens is 622 g/mol. The van der Waals surface area contributed by atoms with Crippen molar-refractivity contribution in [3.8, 4) is 0 Å². The van der Waals surface area contributed by atoms with Crippen molar-refractivity contribution >= 4 is 37.3 Å². The van der Waals surface area contributed by atoms with Crippen LogP contribution in [0.1, 0.15) is 38.3 Å². The molecule has 0 saturated carbocycles. The Kier molecular flexibility index (Phi) is 13.0. The third-order valence-corrected chi connectivity index (χ3v) is 10.4. The number of amides is 1. The highest BCUT2D eigenvalue weighted by Gasteiger charge is 2.33. The van der Waals surface area contributed by atoms with E-state index >= 15 is 0 Å². The van der Waals surface area contributed by atoms with Gasteiger partial charge in [0.25, 0.3) is 5.91 Å². The number of ether oxygens (including phenoxy) is 2. The van der Waals surface area contributed by atoms with E-state index in [1.807, 2.05) is 0 Å². The quantitative estimate of drug-likeness (QED) is 0.153.